The van der Waals surface area contributed by atoms with Crippen LogP contribution >= 0.6 is 11.6 Å². The fourth-order valence-electron chi connectivity index (χ4n) is 5.59. The van der Waals surface area contributed by atoms with E-state index in [2.05, 4.69) is 0 Å². The third kappa shape index (κ3) is 5.07. The molecule has 0 aromatic heterocycles. The third-order valence-corrected chi connectivity index (χ3v) is 8.74. The van der Waals surface area contributed by atoms with Crippen molar-refractivity contribution in [3.63, 3.8) is 0 Å². The number of piperidine rings is 1. The van der Waals surface area contributed by atoms with Gasteiger partial charge < -0.3 is 15.6 Å². The summed E-state index contributed by atoms with van der Waals surface area (Å²) >= 11 is 6.66. The van der Waals surface area contributed by atoms with Crippen molar-refractivity contribution in [2.24, 2.45) is 11.1 Å². The molecule has 3 N–H and O–H groups in total. The van der Waals surface area contributed by atoms with Crippen LogP contribution in [0.15, 0.2) is 47.0 Å². The summed E-state index contributed by atoms with van der Waals surface area (Å²) in [5, 5.41) is 10.3. The first-order valence-corrected chi connectivity index (χ1v) is 14.6. The zero-order chi connectivity index (χ0) is 28.2. The molecule has 0 amide bonds. The predicted octanol–water partition coefficient (Wildman–Crippen LogP) is 4.28. The molecule has 204 valence electrons. The van der Waals surface area contributed by atoms with Crippen LogP contribution in [0.5, 0.6) is 0 Å². The van der Waals surface area contributed by atoms with E-state index in [1.165, 1.54) is 6.07 Å². The largest absolute Gasteiger partial charge is 0.480 e. The second-order valence-corrected chi connectivity index (χ2v) is 13.7. The van der Waals surface area contributed by atoms with Gasteiger partial charge in [0.05, 0.1) is 16.2 Å². The molecular formula is C28H33ClN2O6S. The molecular weight excluding hydrogens is 528 g/mol. The predicted molar refractivity (Wildman–Crippen MR) is 146 cm³/mol. The minimum absolute atomic E-state index is 0.179. The lowest BCUT2D eigenvalue weighted by Gasteiger charge is -2.45. The number of likely N-dealkylation sites (tertiary alicyclic amines) is 1. The van der Waals surface area contributed by atoms with Gasteiger partial charge in [-0.25, -0.2) is 13.2 Å². The van der Waals surface area contributed by atoms with E-state index in [1.54, 1.807) is 30.3 Å². The van der Waals surface area contributed by atoms with Crippen molar-refractivity contribution in [1.82, 2.24) is 4.90 Å². The van der Waals surface area contributed by atoms with E-state index >= 15 is 0 Å². The maximum atomic E-state index is 13.2. The van der Waals surface area contributed by atoms with E-state index in [9.17, 15) is 23.1 Å². The first kappa shape index (κ1) is 28.1. The number of carbonyl (C=O) groups excluding carboxylic acids is 1. The minimum Gasteiger partial charge on any atom is -0.480 e. The van der Waals surface area contributed by atoms with Crippen LogP contribution in [-0.2, 0) is 24.2 Å². The molecule has 2 aliphatic rings. The molecule has 2 heterocycles. The van der Waals surface area contributed by atoms with Gasteiger partial charge in [0.25, 0.3) is 0 Å². The molecule has 4 rings (SSSR count). The van der Waals surface area contributed by atoms with Gasteiger partial charge in [0.2, 0.25) is 0 Å². The summed E-state index contributed by atoms with van der Waals surface area (Å²) in [6, 6.07) is 9.19. The highest BCUT2D eigenvalue weighted by Crippen LogP contribution is 2.44. The Morgan fingerprint density at radius 3 is 2.50 bits per heavy atom. The Hall–Kier alpha value is -2.88. The number of carbonyl (C=O) groups is 2. The van der Waals surface area contributed by atoms with E-state index in [0.29, 0.717) is 46.7 Å². The molecule has 0 bridgehead atoms. The van der Waals surface area contributed by atoms with Crippen molar-refractivity contribution < 1.29 is 27.9 Å². The van der Waals surface area contributed by atoms with Crippen LogP contribution in [0.4, 0.5) is 0 Å². The highest BCUT2D eigenvalue weighted by atomic mass is 35.5. The molecule has 1 spiro atoms. The number of sulfone groups is 1. The van der Waals surface area contributed by atoms with Gasteiger partial charge in [0, 0.05) is 23.4 Å². The third-order valence-electron chi connectivity index (χ3n) is 7.31. The molecule has 8 nitrogen and oxygen atoms in total. The number of nitrogens with two attached hydrogens (primary N) is 1. The van der Waals surface area contributed by atoms with Crippen LogP contribution in [0.3, 0.4) is 0 Å². The number of benzene rings is 2. The van der Waals surface area contributed by atoms with E-state index in [0.717, 1.165) is 6.26 Å². The number of aryl methyl sites for hydroxylation is 1. The Morgan fingerprint density at radius 2 is 1.89 bits per heavy atom. The van der Waals surface area contributed by atoms with Crippen molar-refractivity contribution >= 4 is 38.9 Å². The number of halogens is 1. The average Bonchev–Trinajstić information content (AvgIpc) is 3.02. The molecule has 0 saturated carbocycles. The maximum absolute atomic E-state index is 13.2. The quantitative estimate of drug-likeness (QED) is 0.519. The van der Waals surface area contributed by atoms with Gasteiger partial charge >= 0.3 is 11.9 Å². The lowest BCUT2D eigenvalue weighted by molar-refractivity contribution is -0.157. The van der Waals surface area contributed by atoms with Crippen LogP contribution in [0.1, 0.15) is 44.7 Å². The molecule has 2 atom stereocenters. The SMILES string of the molecule is Cc1cc(-c2cccc(S(C)(=O)=O)c2)c(Cl)cc1C1=C(N)C2(CCCN(C(C(=O)O)C(C)(C)C)C2)OC1=O. The van der Waals surface area contributed by atoms with Crippen LogP contribution in [-0.4, -0.2) is 61.4 Å². The Morgan fingerprint density at radius 1 is 1.21 bits per heavy atom. The monoisotopic (exact) mass is 560 g/mol. The lowest BCUT2D eigenvalue weighted by atomic mass is 9.81. The zero-order valence-corrected chi connectivity index (χ0v) is 23.7. The van der Waals surface area contributed by atoms with Crippen LogP contribution in [0, 0.1) is 12.3 Å². The van der Waals surface area contributed by atoms with Gasteiger partial charge in [-0.1, -0.05) is 44.5 Å². The molecule has 0 aliphatic carbocycles. The van der Waals surface area contributed by atoms with Crippen molar-refractivity contribution in [3.05, 3.63) is 58.2 Å². The number of aliphatic carboxylic acids is 1. The number of carboxylic acids is 1. The van der Waals surface area contributed by atoms with Crippen molar-refractivity contribution in [2.75, 3.05) is 19.3 Å². The van der Waals surface area contributed by atoms with Gasteiger partial charge in [-0.3, -0.25) is 9.69 Å². The summed E-state index contributed by atoms with van der Waals surface area (Å²) in [5.74, 6) is -1.50. The number of rotatable bonds is 5. The second kappa shape index (κ2) is 9.70. The van der Waals surface area contributed by atoms with E-state index < -0.39 is 38.8 Å². The van der Waals surface area contributed by atoms with Crippen LogP contribution in [0.25, 0.3) is 16.7 Å². The first-order valence-electron chi connectivity index (χ1n) is 12.4. The molecule has 1 saturated heterocycles. The van der Waals surface area contributed by atoms with Crippen LogP contribution < -0.4 is 5.73 Å². The fraction of sp³-hybridized carbons (Fsp3) is 0.429. The Bertz CT molecular complexity index is 1460. The van der Waals surface area contributed by atoms with Crippen molar-refractivity contribution in [1.29, 1.82) is 0 Å². The van der Waals surface area contributed by atoms with Crippen molar-refractivity contribution in [2.45, 2.75) is 57.1 Å². The number of hydrogen-bond donors (Lipinski definition) is 2. The zero-order valence-electron chi connectivity index (χ0n) is 22.2. The summed E-state index contributed by atoms with van der Waals surface area (Å²) in [7, 11) is -3.40. The lowest BCUT2D eigenvalue weighted by Crippen LogP contribution is -2.59. The molecule has 2 aromatic carbocycles. The summed E-state index contributed by atoms with van der Waals surface area (Å²) in [5.41, 5.74) is 7.98. The van der Waals surface area contributed by atoms with Gasteiger partial charge in [-0.15, -0.1) is 0 Å². The summed E-state index contributed by atoms with van der Waals surface area (Å²) in [6.45, 7) is 8.18. The fourth-order valence-corrected chi connectivity index (χ4v) is 6.53. The van der Waals surface area contributed by atoms with E-state index in [1.807, 2.05) is 32.6 Å². The normalized spacial score (nSPS) is 21.6. The number of ether oxygens (including phenoxy) is 1. The highest BCUT2D eigenvalue weighted by molar-refractivity contribution is 7.90. The average molecular weight is 561 g/mol. The molecule has 2 aromatic rings. The molecule has 2 unspecified atom stereocenters. The molecule has 2 aliphatic heterocycles. The molecule has 10 heteroatoms. The van der Waals surface area contributed by atoms with E-state index in [-0.39, 0.29) is 22.7 Å². The molecule has 38 heavy (non-hydrogen) atoms. The summed E-state index contributed by atoms with van der Waals surface area (Å²) in [6.07, 6.45) is 2.26. The number of carboxylic acid groups (broad SMARTS) is 1. The minimum atomic E-state index is -3.40. The Balaban J connectivity index is 1.75. The Kier molecular flexibility index (Phi) is 7.18. The number of hydrogen-bond acceptors (Lipinski definition) is 7. The van der Waals surface area contributed by atoms with Gasteiger partial charge in [0.1, 0.15) is 6.04 Å². The first-order chi connectivity index (χ1) is 17.5. The summed E-state index contributed by atoms with van der Waals surface area (Å²) in [4.78, 5) is 27.4. The number of esters is 1. The highest BCUT2D eigenvalue weighted by Gasteiger charge is 2.52. The number of nitrogens with zero attached hydrogens (tertiary/aromatic N) is 1. The van der Waals surface area contributed by atoms with E-state index in [4.69, 9.17) is 22.1 Å². The van der Waals surface area contributed by atoms with Crippen molar-refractivity contribution in [3.8, 4) is 11.1 Å². The summed E-state index contributed by atoms with van der Waals surface area (Å²) < 4.78 is 30.0. The molecule has 1 fully saturated rings. The topological polar surface area (TPSA) is 127 Å². The second-order valence-electron chi connectivity index (χ2n) is 11.3. The van der Waals surface area contributed by atoms with Gasteiger partial charge in [-0.2, -0.15) is 0 Å². The van der Waals surface area contributed by atoms with Gasteiger partial charge in [-0.05, 0) is 72.7 Å². The Labute approximate surface area is 228 Å². The van der Waals surface area contributed by atoms with Gasteiger partial charge in [0.15, 0.2) is 15.4 Å². The maximum Gasteiger partial charge on any atom is 0.341 e. The standard InChI is InChI=1S/C28H33ClN2O6S/c1-16-12-20(17-8-6-9-18(13-17)38(5,35)36)21(29)14-19(16)22-23(30)28(37-26(22)34)10-7-11-31(15-28)24(25(32)33)27(2,3)4/h6,8-9,12-14,24H,7,10-11,15,30H2,1-5H3,(H,32,33). The smallest absolute Gasteiger partial charge is 0.341 e. The molecule has 0 radical (unpaired) electrons. The van der Waals surface area contributed by atoms with Crippen LogP contribution in [0.2, 0.25) is 5.02 Å².